The summed E-state index contributed by atoms with van der Waals surface area (Å²) in [5.41, 5.74) is 1.89. The van der Waals surface area contributed by atoms with Crippen molar-refractivity contribution in [3.8, 4) is 0 Å². The molecule has 1 aromatic carbocycles. The van der Waals surface area contributed by atoms with Crippen LogP contribution in [0.25, 0.3) is 0 Å². The molecule has 23 heavy (non-hydrogen) atoms. The lowest BCUT2D eigenvalue weighted by molar-refractivity contribution is -0.123. The first-order valence-electron chi connectivity index (χ1n) is 7.54. The highest BCUT2D eigenvalue weighted by atomic mass is 32.1. The van der Waals surface area contributed by atoms with Crippen LogP contribution in [0.3, 0.4) is 0 Å². The van der Waals surface area contributed by atoms with Gasteiger partial charge in [-0.1, -0.05) is 12.1 Å². The molecule has 2 amide bonds. The maximum absolute atomic E-state index is 12.2. The molecule has 2 aromatic rings. The lowest BCUT2D eigenvalue weighted by Gasteiger charge is -2.33. The highest BCUT2D eigenvalue weighted by Gasteiger charge is 2.26. The summed E-state index contributed by atoms with van der Waals surface area (Å²) >= 11 is 1.56. The molecular weight excluding hydrogens is 310 g/mol. The Morgan fingerprint density at radius 2 is 2.13 bits per heavy atom. The maximum atomic E-state index is 12.2. The molecule has 1 aromatic heterocycles. The van der Waals surface area contributed by atoms with Crippen molar-refractivity contribution in [1.29, 1.82) is 0 Å². The van der Waals surface area contributed by atoms with Gasteiger partial charge in [0.25, 0.3) is 0 Å². The van der Waals surface area contributed by atoms with E-state index in [2.05, 4.69) is 5.32 Å². The average Bonchev–Trinajstić information content (AvgIpc) is 3.01. The van der Waals surface area contributed by atoms with Crippen LogP contribution in [0.1, 0.15) is 5.56 Å². The Balaban J connectivity index is 1.53. The Labute approximate surface area is 139 Å². The minimum Gasteiger partial charge on any atom is -0.325 e. The van der Waals surface area contributed by atoms with E-state index in [9.17, 15) is 9.59 Å². The van der Waals surface area contributed by atoms with Gasteiger partial charge in [-0.25, -0.2) is 0 Å². The lowest BCUT2D eigenvalue weighted by atomic mass is 10.2. The fourth-order valence-corrected chi connectivity index (χ4v) is 3.41. The molecule has 1 saturated heterocycles. The van der Waals surface area contributed by atoms with E-state index in [1.165, 1.54) is 0 Å². The van der Waals surface area contributed by atoms with Gasteiger partial charge in [-0.05, 0) is 42.1 Å². The van der Waals surface area contributed by atoms with E-state index in [-0.39, 0.29) is 24.9 Å². The first-order valence-corrected chi connectivity index (χ1v) is 8.42. The van der Waals surface area contributed by atoms with Crippen LogP contribution in [0.15, 0.2) is 41.8 Å². The van der Waals surface area contributed by atoms with E-state index < -0.39 is 0 Å². The largest absolute Gasteiger partial charge is 0.325 e. The molecule has 0 unspecified atom stereocenters. The molecule has 2 heterocycles. The Kier molecular flexibility index (Phi) is 4.73. The summed E-state index contributed by atoms with van der Waals surface area (Å²) < 4.78 is 0. The molecule has 0 spiro atoms. The van der Waals surface area contributed by atoms with Crippen LogP contribution in [0.4, 0.5) is 10.7 Å². The average molecular weight is 329 g/mol. The zero-order valence-corrected chi connectivity index (χ0v) is 13.8. The fourth-order valence-electron chi connectivity index (χ4n) is 2.64. The van der Waals surface area contributed by atoms with Gasteiger partial charge in [-0.3, -0.25) is 14.5 Å². The second kappa shape index (κ2) is 6.93. The number of nitrogens with zero attached hydrogens (tertiary/aromatic N) is 2. The number of piperazine rings is 1. The standard InChI is InChI=1S/C17H19N3O2S/c1-13-4-2-5-14(10-13)18-15(21)11-19-7-8-20(16(22)12-19)17-6-3-9-23-17/h2-6,9-10H,7-8,11-12H2,1H3,(H,18,21). The fraction of sp³-hybridized carbons (Fsp3) is 0.294. The summed E-state index contributed by atoms with van der Waals surface area (Å²) in [4.78, 5) is 28.1. The molecule has 1 aliphatic heterocycles. The number of benzene rings is 1. The third-order valence-electron chi connectivity index (χ3n) is 3.74. The van der Waals surface area contributed by atoms with Crippen molar-refractivity contribution < 1.29 is 9.59 Å². The van der Waals surface area contributed by atoms with Gasteiger partial charge in [0.15, 0.2) is 0 Å². The van der Waals surface area contributed by atoms with Gasteiger partial charge in [-0.2, -0.15) is 0 Å². The molecule has 0 saturated carbocycles. The number of anilines is 2. The van der Waals surface area contributed by atoms with Gasteiger partial charge in [-0.15, -0.1) is 11.3 Å². The quantitative estimate of drug-likeness (QED) is 0.937. The molecule has 120 valence electrons. The Morgan fingerprint density at radius 1 is 1.26 bits per heavy atom. The van der Waals surface area contributed by atoms with Crippen LogP contribution < -0.4 is 10.2 Å². The van der Waals surface area contributed by atoms with Gasteiger partial charge >= 0.3 is 0 Å². The highest BCUT2D eigenvalue weighted by molar-refractivity contribution is 7.14. The third-order valence-corrected chi connectivity index (χ3v) is 4.63. The molecule has 0 radical (unpaired) electrons. The zero-order valence-electron chi connectivity index (χ0n) is 13.0. The SMILES string of the molecule is Cc1cccc(NC(=O)CN2CCN(c3cccs3)C(=O)C2)c1. The second-order valence-corrected chi connectivity index (χ2v) is 6.55. The Morgan fingerprint density at radius 3 is 2.83 bits per heavy atom. The van der Waals surface area contributed by atoms with Crippen LogP contribution >= 0.6 is 11.3 Å². The van der Waals surface area contributed by atoms with Crippen LogP contribution in [-0.4, -0.2) is 42.9 Å². The Hall–Kier alpha value is -2.18. The normalized spacial score (nSPS) is 15.7. The van der Waals surface area contributed by atoms with Crippen molar-refractivity contribution in [3.05, 3.63) is 47.3 Å². The van der Waals surface area contributed by atoms with E-state index in [1.807, 2.05) is 53.6 Å². The molecule has 1 N–H and O–H groups in total. The number of hydrogen-bond acceptors (Lipinski definition) is 4. The predicted molar refractivity (Wildman–Crippen MR) is 92.9 cm³/mol. The summed E-state index contributed by atoms with van der Waals surface area (Å²) in [5, 5.41) is 5.81. The molecular formula is C17H19N3O2S. The molecule has 0 bridgehead atoms. The first kappa shape index (κ1) is 15.7. The van der Waals surface area contributed by atoms with Gasteiger partial charge in [0.05, 0.1) is 18.1 Å². The second-order valence-electron chi connectivity index (χ2n) is 5.62. The van der Waals surface area contributed by atoms with E-state index in [0.29, 0.717) is 13.1 Å². The predicted octanol–water partition coefficient (Wildman–Crippen LogP) is 2.34. The minimum absolute atomic E-state index is 0.0436. The molecule has 3 rings (SSSR count). The number of carbonyl (C=O) groups excluding carboxylic acids is 2. The van der Waals surface area contributed by atoms with E-state index >= 15 is 0 Å². The number of rotatable bonds is 4. The molecule has 1 fully saturated rings. The summed E-state index contributed by atoms with van der Waals surface area (Å²) in [6.45, 7) is 3.82. The number of nitrogens with one attached hydrogen (secondary N) is 1. The number of thiophene rings is 1. The molecule has 5 nitrogen and oxygen atoms in total. The van der Waals surface area contributed by atoms with Crippen molar-refractivity contribution in [2.75, 3.05) is 36.4 Å². The number of hydrogen-bond donors (Lipinski definition) is 1. The van der Waals surface area contributed by atoms with Crippen molar-refractivity contribution in [2.45, 2.75) is 6.92 Å². The minimum atomic E-state index is -0.0898. The van der Waals surface area contributed by atoms with Crippen molar-refractivity contribution in [3.63, 3.8) is 0 Å². The maximum Gasteiger partial charge on any atom is 0.241 e. The number of aryl methyl sites for hydroxylation is 1. The van der Waals surface area contributed by atoms with Gasteiger partial charge in [0.2, 0.25) is 11.8 Å². The monoisotopic (exact) mass is 329 g/mol. The first-order chi connectivity index (χ1) is 11.1. The van der Waals surface area contributed by atoms with E-state index in [0.717, 1.165) is 16.3 Å². The topological polar surface area (TPSA) is 52.7 Å². The van der Waals surface area contributed by atoms with Crippen LogP contribution in [0.5, 0.6) is 0 Å². The van der Waals surface area contributed by atoms with Crippen molar-refractivity contribution in [2.24, 2.45) is 0 Å². The highest BCUT2D eigenvalue weighted by Crippen LogP contribution is 2.23. The third kappa shape index (κ3) is 3.97. The summed E-state index contributed by atoms with van der Waals surface area (Å²) in [6.07, 6.45) is 0. The van der Waals surface area contributed by atoms with Gasteiger partial charge in [0, 0.05) is 18.8 Å². The van der Waals surface area contributed by atoms with E-state index in [1.54, 1.807) is 16.2 Å². The van der Waals surface area contributed by atoms with Crippen LogP contribution in [0, 0.1) is 6.92 Å². The van der Waals surface area contributed by atoms with E-state index in [4.69, 9.17) is 0 Å². The van der Waals surface area contributed by atoms with Crippen molar-refractivity contribution >= 4 is 33.8 Å². The summed E-state index contributed by atoms with van der Waals surface area (Å²) in [7, 11) is 0. The van der Waals surface area contributed by atoms with Crippen molar-refractivity contribution in [1.82, 2.24) is 4.90 Å². The molecule has 1 aliphatic rings. The van der Waals surface area contributed by atoms with Crippen LogP contribution in [0.2, 0.25) is 0 Å². The molecule has 0 aliphatic carbocycles. The lowest BCUT2D eigenvalue weighted by Crippen LogP contribution is -2.52. The number of carbonyl (C=O) groups is 2. The zero-order chi connectivity index (χ0) is 16.2. The summed E-state index contributed by atoms with van der Waals surface area (Å²) in [5.74, 6) is -0.0463. The molecule has 6 heteroatoms. The number of amides is 2. The Bertz CT molecular complexity index is 700. The van der Waals surface area contributed by atoms with Gasteiger partial charge in [0.1, 0.15) is 0 Å². The summed E-state index contributed by atoms with van der Waals surface area (Å²) in [6, 6.07) is 11.6. The van der Waals surface area contributed by atoms with Gasteiger partial charge < -0.3 is 10.2 Å². The molecule has 0 atom stereocenters. The smallest absolute Gasteiger partial charge is 0.241 e. The van der Waals surface area contributed by atoms with Crippen LogP contribution in [-0.2, 0) is 9.59 Å².